The molecule has 3 heterocycles. The van der Waals surface area contributed by atoms with Crippen LogP contribution in [0.5, 0.6) is 0 Å². The summed E-state index contributed by atoms with van der Waals surface area (Å²) in [4.78, 5) is 29.8. The van der Waals surface area contributed by atoms with Gasteiger partial charge in [-0.15, -0.1) is 0 Å². The van der Waals surface area contributed by atoms with E-state index in [9.17, 15) is 31.2 Å². The summed E-state index contributed by atoms with van der Waals surface area (Å²) in [5.41, 5.74) is 1.06. The molecule has 4 rings (SSSR count). The fourth-order valence-electron chi connectivity index (χ4n) is 4.08. The number of carbonyl (C=O) groups excluding carboxylic acids is 2. The number of sulfone groups is 1. The van der Waals surface area contributed by atoms with Crippen molar-refractivity contribution in [3.63, 3.8) is 0 Å². The molecule has 3 aromatic rings. The average Bonchev–Trinajstić information content (AvgIpc) is 3.15. The van der Waals surface area contributed by atoms with Crippen molar-refractivity contribution in [2.45, 2.75) is 38.4 Å². The van der Waals surface area contributed by atoms with E-state index in [0.29, 0.717) is 29.9 Å². The van der Waals surface area contributed by atoms with Crippen LogP contribution in [0.2, 0.25) is 0 Å². The van der Waals surface area contributed by atoms with E-state index in [4.69, 9.17) is 0 Å². The number of alkyl halides is 3. The van der Waals surface area contributed by atoms with Gasteiger partial charge in [0.1, 0.15) is 11.3 Å². The predicted molar refractivity (Wildman–Crippen MR) is 129 cm³/mol. The molecule has 2 N–H and O–H groups in total. The number of hydrogen-bond acceptors (Lipinski definition) is 6. The number of aromatic nitrogens is 3. The molecule has 2 aromatic heterocycles. The summed E-state index contributed by atoms with van der Waals surface area (Å²) in [6.07, 6.45) is -1.04. The first-order chi connectivity index (χ1) is 17.3. The molecule has 0 unspecified atom stereocenters. The minimum atomic E-state index is -4.45. The van der Waals surface area contributed by atoms with Crippen molar-refractivity contribution in [1.82, 2.24) is 20.1 Å². The summed E-state index contributed by atoms with van der Waals surface area (Å²) in [7, 11) is -3.63. The molecule has 1 aliphatic rings. The van der Waals surface area contributed by atoms with E-state index in [-0.39, 0.29) is 17.8 Å². The van der Waals surface area contributed by atoms with Crippen molar-refractivity contribution in [1.29, 1.82) is 0 Å². The molecule has 1 aromatic carbocycles. The lowest BCUT2D eigenvalue weighted by Crippen LogP contribution is -2.41. The van der Waals surface area contributed by atoms with E-state index in [1.54, 1.807) is 24.4 Å². The van der Waals surface area contributed by atoms with E-state index in [0.717, 1.165) is 24.0 Å². The van der Waals surface area contributed by atoms with Gasteiger partial charge in [-0.1, -0.05) is 24.3 Å². The quantitative estimate of drug-likeness (QED) is 0.480. The van der Waals surface area contributed by atoms with Crippen molar-refractivity contribution in [3.05, 3.63) is 70.5 Å². The zero-order valence-corrected chi connectivity index (χ0v) is 20.8. The van der Waals surface area contributed by atoms with Crippen LogP contribution in [0.3, 0.4) is 0 Å². The van der Waals surface area contributed by atoms with Gasteiger partial charge in [0.25, 0.3) is 5.91 Å². The standard InChI is InChI=1S/C24H24F3N5O4S/c1-14-6-9-19(28-12-14)32-22(30-20(33)13-37(2,35)36)21-18(31-32)11-17(29-23(21)34)8-7-15-4-3-5-16(10-15)24(25,26)27/h3-6,9-10,12,17H,7-8,11,13H2,1-2H3,(H,29,34)(H,30,33)/t17-/m0/s1. The van der Waals surface area contributed by atoms with Crippen LogP contribution in [0.25, 0.3) is 5.82 Å². The van der Waals surface area contributed by atoms with Crippen LogP contribution < -0.4 is 10.6 Å². The van der Waals surface area contributed by atoms with Crippen molar-refractivity contribution < 1.29 is 31.2 Å². The number of aryl methyl sites for hydroxylation is 2. The number of hydrogen-bond donors (Lipinski definition) is 2. The largest absolute Gasteiger partial charge is 0.416 e. The summed E-state index contributed by atoms with van der Waals surface area (Å²) in [5, 5.41) is 9.79. The third-order valence-electron chi connectivity index (χ3n) is 5.76. The second-order valence-electron chi connectivity index (χ2n) is 9.01. The normalized spacial score (nSPS) is 15.7. The maximum absolute atomic E-state index is 13.1. The molecule has 196 valence electrons. The fourth-order valence-corrected chi connectivity index (χ4v) is 4.63. The van der Waals surface area contributed by atoms with Crippen LogP contribution in [-0.4, -0.2) is 53.0 Å². The molecule has 0 saturated heterocycles. The van der Waals surface area contributed by atoms with Crippen LogP contribution in [0.15, 0.2) is 42.6 Å². The molecule has 37 heavy (non-hydrogen) atoms. The van der Waals surface area contributed by atoms with E-state index in [1.807, 2.05) is 6.92 Å². The molecule has 1 atom stereocenters. The van der Waals surface area contributed by atoms with E-state index in [1.165, 1.54) is 10.7 Å². The summed E-state index contributed by atoms with van der Waals surface area (Å²) in [6.45, 7) is 1.84. The number of fused-ring (bicyclic) bond motifs is 1. The van der Waals surface area contributed by atoms with Crippen molar-refractivity contribution in [2.75, 3.05) is 17.3 Å². The molecule has 0 radical (unpaired) electrons. The zero-order chi connectivity index (χ0) is 27.0. The van der Waals surface area contributed by atoms with Gasteiger partial charge < -0.3 is 10.6 Å². The van der Waals surface area contributed by atoms with Gasteiger partial charge in [0, 0.05) is 24.9 Å². The Morgan fingerprint density at radius 3 is 2.65 bits per heavy atom. The molecule has 2 amide bonds. The molecule has 0 bridgehead atoms. The summed E-state index contributed by atoms with van der Waals surface area (Å²) in [5.74, 6) is -1.85. The summed E-state index contributed by atoms with van der Waals surface area (Å²) >= 11 is 0. The number of nitrogens with one attached hydrogen (secondary N) is 2. The molecule has 0 saturated carbocycles. The molecule has 1 aliphatic heterocycles. The predicted octanol–water partition coefficient (Wildman–Crippen LogP) is 2.86. The SMILES string of the molecule is Cc1ccc(-n2nc3c(c2NC(=O)CS(C)(=O)=O)C(=O)N[C@@H](CCc2cccc(C(F)(F)F)c2)C3)nc1. The Kier molecular flexibility index (Phi) is 7.09. The van der Waals surface area contributed by atoms with Gasteiger partial charge in [-0.25, -0.2) is 13.4 Å². The molecule has 0 aliphatic carbocycles. The van der Waals surface area contributed by atoms with Gasteiger partial charge in [0.05, 0.1) is 11.3 Å². The van der Waals surface area contributed by atoms with Gasteiger partial charge in [-0.05, 0) is 43.0 Å². The molecule has 0 fully saturated rings. The van der Waals surface area contributed by atoms with E-state index in [2.05, 4.69) is 20.7 Å². The number of carbonyl (C=O) groups is 2. The maximum Gasteiger partial charge on any atom is 0.416 e. The Bertz CT molecular complexity index is 1450. The number of benzene rings is 1. The van der Waals surface area contributed by atoms with E-state index >= 15 is 0 Å². The number of amides is 2. The maximum atomic E-state index is 13.1. The third kappa shape index (κ3) is 6.34. The van der Waals surface area contributed by atoms with Crippen LogP contribution in [0.1, 0.15) is 39.2 Å². The zero-order valence-electron chi connectivity index (χ0n) is 20.0. The Labute approximate surface area is 211 Å². The molecule has 0 spiro atoms. The van der Waals surface area contributed by atoms with Crippen LogP contribution >= 0.6 is 0 Å². The number of nitrogens with zero attached hydrogens (tertiary/aromatic N) is 3. The Morgan fingerprint density at radius 2 is 2.00 bits per heavy atom. The first-order valence-corrected chi connectivity index (χ1v) is 13.4. The lowest BCUT2D eigenvalue weighted by atomic mass is 9.95. The van der Waals surface area contributed by atoms with Crippen molar-refractivity contribution in [2.24, 2.45) is 0 Å². The second-order valence-corrected chi connectivity index (χ2v) is 11.1. The summed E-state index contributed by atoms with van der Waals surface area (Å²) < 4.78 is 63.5. The second kappa shape index (κ2) is 9.96. The molecule has 13 heteroatoms. The average molecular weight is 536 g/mol. The topological polar surface area (TPSA) is 123 Å². The first kappa shape index (κ1) is 26.3. The van der Waals surface area contributed by atoms with Crippen LogP contribution in [-0.2, 0) is 33.6 Å². The highest BCUT2D eigenvalue weighted by molar-refractivity contribution is 7.91. The minimum absolute atomic E-state index is 0.00571. The smallest absolute Gasteiger partial charge is 0.349 e. The third-order valence-corrected chi connectivity index (χ3v) is 6.55. The number of pyridine rings is 1. The number of halogens is 3. The van der Waals surface area contributed by atoms with E-state index < -0.39 is 45.2 Å². The number of anilines is 1. The van der Waals surface area contributed by atoms with Crippen molar-refractivity contribution >= 4 is 27.5 Å². The highest BCUT2D eigenvalue weighted by atomic mass is 32.2. The Hall–Kier alpha value is -3.74. The van der Waals surface area contributed by atoms with Crippen molar-refractivity contribution in [3.8, 4) is 5.82 Å². The van der Waals surface area contributed by atoms with Gasteiger partial charge >= 0.3 is 6.18 Å². The Balaban J connectivity index is 1.60. The molecular formula is C24H24F3N5O4S. The van der Waals surface area contributed by atoms with Gasteiger partial charge in [0.15, 0.2) is 21.5 Å². The van der Waals surface area contributed by atoms with Crippen LogP contribution in [0, 0.1) is 6.92 Å². The fraction of sp³-hybridized carbons (Fsp3) is 0.333. The van der Waals surface area contributed by atoms with Gasteiger partial charge in [-0.3, -0.25) is 9.59 Å². The highest BCUT2D eigenvalue weighted by Gasteiger charge is 2.34. The monoisotopic (exact) mass is 535 g/mol. The lowest BCUT2D eigenvalue weighted by Gasteiger charge is -2.23. The number of rotatable bonds is 7. The highest BCUT2D eigenvalue weighted by Crippen LogP contribution is 2.31. The first-order valence-electron chi connectivity index (χ1n) is 11.3. The molecular weight excluding hydrogens is 511 g/mol. The summed E-state index contributed by atoms with van der Waals surface area (Å²) in [6, 6.07) is 8.03. The van der Waals surface area contributed by atoms with Gasteiger partial charge in [-0.2, -0.15) is 23.0 Å². The van der Waals surface area contributed by atoms with Gasteiger partial charge in [0.2, 0.25) is 5.91 Å². The lowest BCUT2D eigenvalue weighted by molar-refractivity contribution is -0.137. The van der Waals surface area contributed by atoms with Crippen LogP contribution in [0.4, 0.5) is 19.0 Å². The minimum Gasteiger partial charge on any atom is -0.349 e. The molecule has 9 nitrogen and oxygen atoms in total. The Morgan fingerprint density at radius 1 is 1.24 bits per heavy atom.